The van der Waals surface area contributed by atoms with Crippen LogP contribution in [-0.4, -0.2) is 11.3 Å². The van der Waals surface area contributed by atoms with Crippen LogP contribution in [0.2, 0.25) is 0 Å². The fraction of sp³-hybridized carbons (Fsp3) is 0.500. The molecule has 1 nitrogen and oxygen atoms in total. The molecule has 0 aliphatic carbocycles. The van der Waals surface area contributed by atoms with Crippen molar-refractivity contribution >= 4 is 0 Å². The predicted molar refractivity (Wildman–Crippen MR) is 56.3 cm³/mol. The van der Waals surface area contributed by atoms with Gasteiger partial charge in [0, 0.05) is 0 Å². The molecule has 16 heavy (non-hydrogen) atoms. The highest BCUT2D eigenvalue weighted by molar-refractivity contribution is 5.37. The third-order valence-corrected chi connectivity index (χ3v) is 2.67. The van der Waals surface area contributed by atoms with Crippen molar-refractivity contribution in [3.8, 4) is 0 Å². The lowest BCUT2D eigenvalue weighted by Gasteiger charge is -2.17. The van der Waals surface area contributed by atoms with Crippen molar-refractivity contribution in [3.05, 3.63) is 34.4 Å². The van der Waals surface area contributed by atoms with Crippen molar-refractivity contribution < 1.29 is 18.3 Å². The third kappa shape index (κ3) is 3.23. The second-order valence-corrected chi connectivity index (χ2v) is 4.13. The van der Waals surface area contributed by atoms with Gasteiger partial charge in [-0.05, 0) is 43.0 Å². The minimum Gasteiger partial charge on any atom is -0.388 e. The highest BCUT2D eigenvalue weighted by Crippen LogP contribution is 2.31. The number of benzene rings is 1. The van der Waals surface area contributed by atoms with Crippen molar-refractivity contribution in [2.45, 2.75) is 39.5 Å². The van der Waals surface area contributed by atoms with Crippen LogP contribution in [0.25, 0.3) is 0 Å². The van der Waals surface area contributed by atoms with Gasteiger partial charge >= 0.3 is 6.18 Å². The Morgan fingerprint density at radius 3 is 2.06 bits per heavy atom. The lowest BCUT2D eigenvalue weighted by Crippen LogP contribution is -2.14. The molecule has 0 spiro atoms. The van der Waals surface area contributed by atoms with Crippen LogP contribution in [0.3, 0.4) is 0 Å². The second kappa shape index (κ2) is 4.45. The van der Waals surface area contributed by atoms with E-state index in [2.05, 4.69) is 0 Å². The molecule has 0 aliphatic heterocycles. The molecule has 0 aliphatic rings. The smallest absolute Gasteiger partial charge is 0.388 e. The summed E-state index contributed by atoms with van der Waals surface area (Å²) in [5.74, 6) is 0. The Labute approximate surface area is 92.9 Å². The molecule has 90 valence electrons. The molecule has 1 atom stereocenters. The van der Waals surface area contributed by atoms with Crippen LogP contribution in [0.1, 0.15) is 34.8 Å². The Hall–Kier alpha value is -1.03. The van der Waals surface area contributed by atoms with Gasteiger partial charge in [0.25, 0.3) is 0 Å². The van der Waals surface area contributed by atoms with Gasteiger partial charge in [0.05, 0.1) is 12.5 Å². The molecular weight excluding hydrogens is 217 g/mol. The van der Waals surface area contributed by atoms with Gasteiger partial charge in [-0.2, -0.15) is 13.2 Å². The first-order chi connectivity index (χ1) is 7.20. The molecule has 1 aromatic carbocycles. The molecule has 1 rings (SSSR count). The average Bonchev–Trinajstić information content (AvgIpc) is 2.08. The number of aryl methyl sites for hydroxylation is 3. The van der Waals surface area contributed by atoms with Gasteiger partial charge in [-0.15, -0.1) is 0 Å². The molecule has 0 heterocycles. The van der Waals surface area contributed by atoms with Crippen LogP contribution in [0, 0.1) is 20.8 Å². The molecule has 0 amide bonds. The Balaban J connectivity index is 3.00. The van der Waals surface area contributed by atoms with Crippen LogP contribution in [0.5, 0.6) is 0 Å². The summed E-state index contributed by atoms with van der Waals surface area (Å²) in [7, 11) is 0. The van der Waals surface area contributed by atoms with Crippen molar-refractivity contribution in [1.29, 1.82) is 0 Å². The number of hydrogen-bond acceptors (Lipinski definition) is 1. The van der Waals surface area contributed by atoms with Crippen LogP contribution in [0.4, 0.5) is 13.2 Å². The molecule has 1 aromatic rings. The van der Waals surface area contributed by atoms with E-state index in [1.165, 1.54) is 0 Å². The largest absolute Gasteiger partial charge is 0.391 e. The Kier molecular flexibility index (Phi) is 3.63. The van der Waals surface area contributed by atoms with Crippen LogP contribution in [-0.2, 0) is 0 Å². The highest BCUT2D eigenvalue weighted by atomic mass is 19.4. The number of hydrogen-bond donors (Lipinski definition) is 1. The number of aliphatic hydroxyl groups excluding tert-OH is 1. The quantitative estimate of drug-likeness (QED) is 0.826. The molecule has 1 unspecified atom stereocenters. The van der Waals surface area contributed by atoms with Crippen LogP contribution >= 0.6 is 0 Å². The van der Waals surface area contributed by atoms with Gasteiger partial charge in [0.1, 0.15) is 0 Å². The van der Waals surface area contributed by atoms with E-state index >= 15 is 0 Å². The maximum atomic E-state index is 12.1. The van der Waals surface area contributed by atoms with Crippen molar-refractivity contribution in [2.75, 3.05) is 0 Å². The van der Waals surface area contributed by atoms with E-state index in [1.54, 1.807) is 19.1 Å². The van der Waals surface area contributed by atoms with E-state index < -0.39 is 18.7 Å². The summed E-state index contributed by atoms with van der Waals surface area (Å²) in [6.45, 7) is 5.42. The Morgan fingerprint density at radius 1 is 1.06 bits per heavy atom. The summed E-state index contributed by atoms with van der Waals surface area (Å²) in [4.78, 5) is 0. The fourth-order valence-corrected chi connectivity index (χ4v) is 1.67. The van der Waals surface area contributed by atoms with Gasteiger partial charge in [-0.3, -0.25) is 0 Å². The number of rotatable bonds is 2. The van der Waals surface area contributed by atoms with Gasteiger partial charge in [0.2, 0.25) is 0 Å². The molecular formula is C12H15F3O. The minimum absolute atomic E-state index is 0.362. The Morgan fingerprint density at radius 2 is 1.56 bits per heavy atom. The lowest BCUT2D eigenvalue weighted by atomic mass is 9.96. The minimum atomic E-state index is -4.34. The van der Waals surface area contributed by atoms with E-state index in [4.69, 9.17) is 0 Å². The molecule has 0 aromatic heterocycles. The van der Waals surface area contributed by atoms with Gasteiger partial charge < -0.3 is 5.11 Å². The number of halogens is 3. The molecule has 0 saturated heterocycles. The van der Waals surface area contributed by atoms with Crippen LogP contribution in [0.15, 0.2) is 12.1 Å². The monoisotopic (exact) mass is 232 g/mol. The second-order valence-electron chi connectivity index (χ2n) is 4.13. The fourth-order valence-electron chi connectivity index (χ4n) is 1.67. The van der Waals surface area contributed by atoms with Crippen LogP contribution < -0.4 is 0 Å². The van der Waals surface area contributed by atoms with Gasteiger partial charge in [-0.25, -0.2) is 0 Å². The first kappa shape index (κ1) is 13.0. The maximum Gasteiger partial charge on any atom is 0.391 e. The molecule has 0 fully saturated rings. The summed E-state index contributed by atoms with van der Waals surface area (Å²) in [6, 6.07) is 3.42. The van der Waals surface area contributed by atoms with Crippen molar-refractivity contribution in [2.24, 2.45) is 0 Å². The third-order valence-electron chi connectivity index (χ3n) is 2.67. The molecule has 0 bridgehead atoms. The zero-order chi connectivity index (χ0) is 12.5. The first-order valence-corrected chi connectivity index (χ1v) is 5.03. The number of aliphatic hydroxyl groups is 1. The van der Waals surface area contributed by atoms with E-state index in [1.807, 2.05) is 13.8 Å². The zero-order valence-corrected chi connectivity index (χ0v) is 9.52. The molecule has 1 N–H and O–H groups in total. The van der Waals surface area contributed by atoms with E-state index in [0.717, 1.165) is 11.1 Å². The Bertz CT molecular complexity index is 383. The van der Waals surface area contributed by atoms with Gasteiger partial charge in [0.15, 0.2) is 0 Å². The lowest BCUT2D eigenvalue weighted by molar-refractivity contribution is -0.154. The first-order valence-electron chi connectivity index (χ1n) is 5.03. The van der Waals surface area contributed by atoms with Crippen molar-refractivity contribution in [1.82, 2.24) is 0 Å². The maximum absolute atomic E-state index is 12.1. The molecule has 0 saturated carbocycles. The SMILES string of the molecule is Cc1cc(C)c(C(O)CC(F)(F)F)cc1C. The zero-order valence-electron chi connectivity index (χ0n) is 9.52. The van der Waals surface area contributed by atoms with E-state index in [9.17, 15) is 18.3 Å². The summed E-state index contributed by atoms with van der Waals surface area (Å²) >= 11 is 0. The summed E-state index contributed by atoms with van der Waals surface area (Å²) in [5.41, 5.74) is 2.96. The standard InChI is InChI=1S/C12H15F3O/c1-7-4-9(3)10(5-8(7)2)11(16)6-12(13,14)15/h4-5,11,16H,6H2,1-3H3. The topological polar surface area (TPSA) is 20.2 Å². The van der Waals surface area contributed by atoms with E-state index in [0.29, 0.717) is 11.1 Å². The average molecular weight is 232 g/mol. The summed E-state index contributed by atoms with van der Waals surface area (Å²) < 4.78 is 36.4. The summed E-state index contributed by atoms with van der Waals surface area (Å²) in [6.07, 6.45) is -7.01. The normalized spacial score (nSPS) is 13.9. The molecule has 0 radical (unpaired) electrons. The highest BCUT2D eigenvalue weighted by Gasteiger charge is 2.32. The predicted octanol–water partition coefficient (Wildman–Crippen LogP) is 3.60. The summed E-state index contributed by atoms with van der Waals surface area (Å²) in [5, 5.41) is 9.53. The van der Waals surface area contributed by atoms with Crippen molar-refractivity contribution in [3.63, 3.8) is 0 Å². The molecule has 4 heteroatoms. The van der Waals surface area contributed by atoms with E-state index in [-0.39, 0.29) is 0 Å². The number of alkyl halides is 3. The van der Waals surface area contributed by atoms with Gasteiger partial charge in [-0.1, -0.05) is 12.1 Å².